The van der Waals surface area contributed by atoms with E-state index in [1.165, 1.54) is 0 Å². The van der Waals surface area contributed by atoms with E-state index in [4.69, 9.17) is 21.3 Å². The van der Waals surface area contributed by atoms with Gasteiger partial charge in [0, 0.05) is 30.0 Å². The number of nitrogens with zero attached hydrogens (tertiary/aromatic N) is 4. The number of rotatable bonds is 12. The molecular weight excluding hydrogens is 460 g/mol. The zero-order valence-electron chi connectivity index (χ0n) is 20.1. The quantitative estimate of drug-likeness (QED) is 0.255. The number of nitrogens with one attached hydrogen (secondary N) is 2. The molecule has 0 spiro atoms. The molecule has 4 aromatic rings. The van der Waals surface area contributed by atoms with E-state index >= 15 is 0 Å². The average molecular weight is 491 g/mol. The fraction of sp³-hybridized carbons (Fsp3) is 0.296. The minimum atomic E-state index is 0.0924. The van der Waals surface area contributed by atoms with E-state index < -0.39 is 0 Å². The zero-order chi connectivity index (χ0) is 24.5. The van der Waals surface area contributed by atoms with Gasteiger partial charge in [0.25, 0.3) is 0 Å². The van der Waals surface area contributed by atoms with Crippen LogP contribution in [0.25, 0.3) is 5.82 Å². The number of halogens is 1. The molecule has 8 heteroatoms. The number of hydrogen-bond donors (Lipinski definition) is 2. The van der Waals surface area contributed by atoms with Crippen molar-refractivity contribution >= 4 is 23.4 Å². The molecule has 0 fully saturated rings. The summed E-state index contributed by atoms with van der Waals surface area (Å²) in [5.74, 6) is 2.52. The van der Waals surface area contributed by atoms with E-state index in [-0.39, 0.29) is 6.04 Å². The van der Waals surface area contributed by atoms with Crippen LogP contribution in [0.15, 0.2) is 79.4 Å². The standard InChI is InChI=1S/C27H31ClN6O/c1-20(2)14-24(18-35-17-22-8-10-23(28)11-9-22)31-25-15-26(34-13-12-29-19-34)33-27(32-25)30-16-21-6-4-3-5-7-21/h3-13,15,19-20,24H,14,16-18H2,1-2H3,(H2,30,31,32,33)/t24-/m1/s1. The van der Waals surface area contributed by atoms with Gasteiger partial charge >= 0.3 is 0 Å². The molecule has 2 N–H and O–H groups in total. The molecule has 2 aromatic heterocycles. The SMILES string of the molecule is CC(C)C[C@H](COCc1ccc(Cl)cc1)Nc1cc(-n2ccnc2)nc(NCc2ccccc2)n1. The molecule has 0 radical (unpaired) electrons. The molecular formula is C27H31ClN6O. The van der Waals surface area contributed by atoms with Crippen LogP contribution in [-0.4, -0.2) is 32.2 Å². The summed E-state index contributed by atoms with van der Waals surface area (Å²) >= 11 is 5.99. The molecule has 0 saturated carbocycles. The average Bonchev–Trinajstić information content (AvgIpc) is 3.39. The van der Waals surface area contributed by atoms with Gasteiger partial charge in [0.15, 0.2) is 0 Å². The third-order valence-electron chi connectivity index (χ3n) is 5.38. The van der Waals surface area contributed by atoms with Crippen LogP contribution < -0.4 is 10.6 Å². The van der Waals surface area contributed by atoms with Crippen molar-refractivity contribution in [1.82, 2.24) is 19.5 Å². The number of hydrogen-bond acceptors (Lipinski definition) is 6. The first kappa shape index (κ1) is 24.7. The van der Waals surface area contributed by atoms with Crippen LogP contribution in [0.5, 0.6) is 0 Å². The van der Waals surface area contributed by atoms with Gasteiger partial charge in [-0.3, -0.25) is 4.57 Å². The van der Waals surface area contributed by atoms with E-state index in [1.54, 1.807) is 12.5 Å². The summed E-state index contributed by atoms with van der Waals surface area (Å²) in [7, 11) is 0. The Kier molecular flexibility index (Phi) is 8.70. The lowest BCUT2D eigenvalue weighted by Crippen LogP contribution is -2.28. The molecule has 0 aliphatic heterocycles. The first-order valence-corrected chi connectivity index (χ1v) is 12.2. The van der Waals surface area contributed by atoms with Crippen molar-refractivity contribution < 1.29 is 4.74 Å². The highest BCUT2D eigenvalue weighted by Crippen LogP contribution is 2.18. The van der Waals surface area contributed by atoms with Crippen LogP contribution in [0.3, 0.4) is 0 Å². The lowest BCUT2D eigenvalue weighted by Gasteiger charge is -2.22. The first-order valence-electron chi connectivity index (χ1n) is 11.8. The Labute approximate surface area is 211 Å². The molecule has 0 aliphatic rings. The molecule has 0 bridgehead atoms. The van der Waals surface area contributed by atoms with Crippen LogP contribution >= 0.6 is 11.6 Å². The molecule has 0 unspecified atom stereocenters. The number of aromatic nitrogens is 4. The Balaban J connectivity index is 1.48. The maximum atomic E-state index is 6.05. The van der Waals surface area contributed by atoms with Gasteiger partial charge in [0.1, 0.15) is 18.0 Å². The summed E-state index contributed by atoms with van der Waals surface area (Å²) in [5.41, 5.74) is 2.25. The summed E-state index contributed by atoms with van der Waals surface area (Å²) < 4.78 is 7.92. The van der Waals surface area contributed by atoms with E-state index in [0.29, 0.717) is 31.6 Å². The molecule has 7 nitrogen and oxygen atoms in total. The van der Waals surface area contributed by atoms with E-state index in [9.17, 15) is 0 Å². The van der Waals surface area contributed by atoms with Gasteiger partial charge in [-0.1, -0.05) is 67.9 Å². The lowest BCUT2D eigenvalue weighted by atomic mass is 10.0. The smallest absolute Gasteiger partial charge is 0.226 e. The van der Waals surface area contributed by atoms with Crippen LogP contribution in [0.1, 0.15) is 31.4 Å². The Bertz CT molecular complexity index is 1170. The second kappa shape index (κ2) is 12.3. The summed E-state index contributed by atoms with van der Waals surface area (Å²) in [5, 5.41) is 7.65. The molecule has 4 rings (SSSR count). The van der Waals surface area contributed by atoms with Crippen molar-refractivity contribution in [2.75, 3.05) is 17.2 Å². The van der Waals surface area contributed by atoms with Gasteiger partial charge in [-0.15, -0.1) is 0 Å². The Morgan fingerprint density at radius 3 is 2.51 bits per heavy atom. The highest BCUT2D eigenvalue weighted by molar-refractivity contribution is 6.30. The predicted molar refractivity (Wildman–Crippen MR) is 141 cm³/mol. The van der Waals surface area contributed by atoms with Crippen molar-refractivity contribution in [1.29, 1.82) is 0 Å². The van der Waals surface area contributed by atoms with Crippen molar-refractivity contribution in [2.45, 2.75) is 39.5 Å². The van der Waals surface area contributed by atoms with E-state index in [2.05, 4.69) is 46.6 Å². The molecule has 0 amide bonds. The maximum Gasteiger partial charge on any atom is 0.226 e. The Morgan fingerprint density at radius 2 is 1.80 bits per heavy atom. The highest BCUT2D eigenvalue weighted by Gasteiger charge is 2.15. The molecule has 35 heavy (non-hydrogen) atoms. The molecule has 0 aliphatic carbocycles. The van der Waals surface area contributed by atoms with Crippen LogP contribution in [0.2, 0.25) is 5.02 Å². The van der Waals surface area contributed by atoms with E-state index in [1.807, 2.05) is 59.3 Å². The summed E-state index contributed by atoms with van der Waals surface area (Å²) in [6.45, 7) is 6.13. The highest BCUT2D eigenvalue weighted by atomic mass is 35.5. The largest absolute Gasteiger partial charge is 0.375 e. The third-order valence-corrected chi connectivity index (χ3v) is 5.64. The Morgan fingerprint density at radius 1 is 1.00 bits per heavy atom. The fourth-order valence-electron chi connectivity index (χ4n) is 3.74. The number of imidazole rings is 1. The monoisotopic (exact) mass is 490 g/mol. The molecule has 2 heterocycles. The van der Waals surface area contributed by atoms with Crippen molar-refractivity contribution in [3.05, 3.63) is 95.5 Å². The number of benzene rings is 2. The molecule has 2 aromatic carbocycles. The van der Waals surface area contributed by atoms with Gasteiger partial charge in [-0.05, 0) is 35.6 Å². The van der Waals surface area contributed by atoms with Gasteiger partial charge in [0.05, 0.1) is 19.3 Å². The second-order valence-corrected chi connectivity index (χ2v) is 9.29. The maximum absolute atomic E-state index is 6.05. The normalized spacial score (nSPS) is 12.0. The Hall–Kier alpha value is -3.42. The topological polar surface area (TPSA) is 76.9 Å². The van der Waals surface area contributed by atoms with Crippen LogP contribution in [0.4, 0.5) is 11.8 Å². The summed E-state index contributed by atoms with van der Waals surface area (Å²) in [4.78, 5) is 13.6. The van der Waals surface area contributed by atoms with Crippen molar-refractivity contribution in [2.24, 2.45) is 5.92 Å². The number of anilines is 2. The first-order chi connectivity index (χ1) is 17.0. The van der Waals surface area contributed by atoms with Crippen LogP contribution in [0, 0.1) is 5.92 Å². The van der Waals surface area contributed by atoms with Gasteiger partial charge in [0.2, 0.25) is 5.95 Å². The predicted octanol–water partition coefficient (Wildman–Crippen LogP) is 5.97. The van der Waals surface area contributed by atoms with E-state index in [0.717, 1.165) is 34.2 Å². The minimum absolute atomic E-state index is 0.0924. The van der Waals surface area contributed by atoms with Crippen LogP contribution in [-0.2, 0) is 17.9 Å². The summed E-state index contributed by atoms with van der Waals surface area (Å²) in [6, 6.07) is 20.0. The van der Waals surface area contributed by atoms with Gasteiger partial charge < -0.3 is 15.4 Å². The molecule has 0 saturated heterocycles. The minimum Gasteiger partial charge on any atom is -0.375 e. The second-order valence-electron chi connectivity index (χ2n) is 8.86. The molecule has 1 atom stereocenters. The van der Waals surface area contributed by atoms with Gasteiger partial charge in [-0.2, -0.15) is 9.97 Å². The van der Waals surface area contributed by atoms with Gasteiger partial charge in [-0.25, -0.2) is 4.98 Å². The fourth-order valence-corrected chi connectivity index (χ4v) is 3.86. The van der Waals surface area contributed by atoms with Crippen molar-refractivity contribution in [3.8, 4) is 5.82 Å². The summed E-state index contributed by atoms with van der Waals surface area (Å²) in [6.07, 6.45) is 6.28. The zero-order valence-corrected chi connectivity index (χ0v) is 20.8. The number of ether oxygens (including phenoxy) is 1. The lowest BCUT2D eigenvalue weighted by molar-refractivity contribution is 0.107. The van der Waals surface area contributed by atoms with Crippen molar-refractivity contribution in [3.63, 3.8) is 0 Å². The molecule has 182 valence electrons. The third kappa shape index (κ3) is 7.80.